The number of carboxylic acid groups (broad SMARTS) is 1. The van der Waals surface area contributed by atoms with Crippen LogP contribution in [0.2, 0.25) is 0 Å². The molecule has 4 N–H and O–H groups in total. The summed E-state index contributed by atoms with van der Waals surface area (Å²) in [6.45, 7) is 2.44. The largest absolute Gasteiger partial charge is 0.490 e. The van der Waals surface area contributed by atoms with Crippen LogP contribution in [0.1, 0.15) is 18.1 Å². The lowest BCUT2D eigenvalue weighted by molar-refractivity contribution is -0.192. The first kappa shape index (κ1) is 32.2. The highest BCUT2D eigenvalue weighted by Crippen LogP contribution is 2.36. The number of nitrogens with two attached hydrogens (primary N) is 1. The third-order valence-electron chi connectivity index (χ3n) is 5.68. The highest BCUT2D eigenvalue weighted by molar-refractivity contribution is 6.38. The predicted octanol–water partition coefficient (Wildman–Crippen LogP) is 3.92. The van der Waals surface area contributed by atoms with E-state index in [2.05, 4.69) is 0 Å². The first-order valence-electron chi connectivity index (χ1n) is 12.7. The quantitative estimate of drug-likeness (QED) is 0.150. The van der Waals surface area contributed by atoms with Gasteiger partial charge in [0.25, 0.3) is 0 Å². The van der Waals surface area contributed by atoms with Crippen LogP contribution in [0.4, 0.5) is 18.9 Å². The van der Waals surface area contributed by atoms with Crippen molar-refractivity contribution in [1.82, 2.24) is 0 Å². The van der Waals surface area contributed by atoms with Crippen molar-refractivity contribution in [2.75, 3.05) is 24.7 Å². The molecule has 14 heteroatoms. The van der Waals surface area contributed by atoms with Crippen molar-refractivity contribution < 1.29 is 51.6 Å². The van der Waals surface area contributed by atoms with Gasteiger partial charge in [-0.1, -0.05) is 30.3 Å². The zero-order chi connectivity index (χ0) is 31.6. The van der Waals surface area contributed by atoms with Crippen LogP contribution in [0.3, 0.4) is 0 Å². The Balaban J connectivity index is 0.000000646. The first-order chi connectivity index (χ1) is 20.4. The van der Waals surface area contributed by atoms with Crippen molar-refractivity contribution in [2.24, 2.45) is 5.73 Å². The van der Waals surface area contributed by atoms with Gasteiger partial charge in [0, 0.05) is 17.3 Å². The maximum atomic E-state index is 12.9. The van der Waals surface area contributed by atoms with Crippen molar-refractivity contribution in [3.8, 4) is 17.2 Å². The van der Waals surface area contributed by atoms with Gasteiger partial charge in [0.1, 0.15) is 24.8 Å². The molecule has 0 saturated carbocycles. The van der Waals surface area contributed by atoms with Gasteiger partial charge in [-0.15, -0.1) is 0 Å². The summed E-state index contributed by atoms with van der Waals surface area (Å²) in [5, 5.41) is 14.6. The molecule has 1 heterocycles. The maximum absolute atomic E-state index is 12.9. The van der Waals surface area contributed by atoms with Crippen LogP contribution in [-0.2, 0) is 25.7 Å². The Labute approximate surface area is 244 Å². The zero-order valence-electron chi connectivity index (χ0n) is 22.8. The van der Waals surface area contributed by atoms with Gasteiger partial charge in [0.05, 0.1) is 13.2 Å². The molecule has 0 aromatic heterocycles. The summed E-state index contributed by atoms with van der Waals surface area (Å²) >= 11 is 0. The van der Waals surface area contributed by atoms with Crippen molar-refractivity contribution in [3.63, 3.8) is 0 Å². The number of nitrogen functional groups attached to an aromatic ring is 1. The summed E-state index contributed by atoms with van der Waals surface area (Å²) in [5.41, 5.74) is 7.44. The molecule has 0 spiro atoms. The molecule has 3 aromatic rings. The average Bonchev–Trinajstić information content (AvgIpc) is 2.99. The number of nitrogens with one attached hydrogen (secondary N) is 1. The lowest BCUT2D eigenvalue weighted by Gasteiger charge is -2.28. The number of carbonyl (C=O) groups is 3. The smallest absolute Gasteiger partial charge is 0.490 e. The third kappa shape index (κ3) is 9.38. The molecule has 43 heavy (non-hydrogen) atoms. The molecule has 0 bridgehead atoms. The van der Waals surface area contributed by atoms with Crippen LogP contribution >= 0.6 is 0 Å². The van der Waals surface area contributed by atoms with Crippen molar-refractivity contribution in [3.05, 3.63) is 83.9 Å². The average molecular weight is 604 g/mol. The van der Waals surface area contributed by atoms with E-state index in [1.807, 2.05) is 30.3 Å². The van der Waals surface area contributed by atoms with E-state index in [0.29, 0.717) is 28.5 Å². The minimum absolute atomic E-state index is 0.00664. The number of amidine groups is 1. The van der Waals surface area contributed by atoms with Crippen LogP contribution < -0.4 is 24.8 Å². The van der Waals surface area contributed by atoms with Crippen molar-refractivity contribution >= 4 is 29.4 Å². The molecular formula is C29H28F3N3O8. The number of rotatable bonds is 8. The van der Waals surface area contributed by atoms with Crippen molar-refractivity contribution in [2.45, 2.75) is 25.7 Å². The Morgan fingerprint density at radius 2 is 1.70 bits per heavy atom. The fourth-order valence-electron chi connectivity index (χ4n) is 3.62. The number of alkyl halides is 3. The molecule has 0 aliphatic carbocycles. The van der Waals surface area contributed by atoms with Crippen LogP contribution in [0, 0.1) is 5.41 Å². The topological polar surface area (TPSA) is 161 Å². The lowest BCUT2D eigenvalue weighted by atomic mass is 10.1. The van der Waals surface area contributed by atoms with E-state index >= 15 is 0 Å². The molecular weight excluding hydrogens is 575 g/mol. The summed E-state index contributed by atoms with van der Waals surface area (Å²) in [6, 6.07) is 21.4. The molecule has 228 valence electrons. The van der Waals surface area contributed by atoms with Crippen LogP contribution in [0.15, 0.2) is 72.8 Å². The number of hydrogen-bond acceptors (Lipinski definition) is 8. The molecule has 3 aromatic carbocycles. The predicted molar refractivity (Wildman–Crippen MR) is 147 cm³/mol. The SMILES string of the molecule is CCOC(=O)C(=O)N(Cc1ccccc1)c1ccc2c(c1)OCC(COc1ccc(C(=N)N)cc1)O2.O=C(O)C(F)(F)F. The number of nitrogens with zero attached hydrogens (tertiary/aromatic N) is 1. The molecule has 1 unspecified atom stereocenters. The third-order valence-corrected chi connectivity index (χ3v) is 5.68. The van der Waals surface area contributed by atoms with Gasteiger partial charge in [0.15, 0.2) is 17.6 Å². The Morgan fingerprint density at radius 3 is 2.28 bits per heavy atom. The highest BCUT2D eigenvalue weighted by Gasteiger charge is 2.38. The number of anilines is 1. The van der Waals surface area contributed by atoms with E-state index in [1.165, 1.54) is 4.90 Å². The van der Waals surface area contributed by atoms with E-state index < -0.39 is 24.0 Å². The van der Waals surface area contributed by atoms with Gasteiger partial charge in [0.2, 0.25) is 0 Å². The van der Waals surface area contributed by atoms with Gasteiger partial charge in [-0.3, -0.25) is 15.1 Å². The number of hydrogen-bond donors (Lipinski definition) is 3. The standard InChI is InChI=1S/C27H27N3O6.C2HF3O2/c1-2-33-27(32)26(31)30(15-18-6-4-3-5-7-18)20-10-13-23-24(14-20)35-17-22(36-23)16-34-21-11-8-19(9-12-21)25(28)29;3-2(4,5)1(6)7/h3-14,22H,2,15-17H2,1H3,(H3,28,29);(H,6,7). The molecule has 0 fully saturated rings. The highest BCUT2D eigenvalue weighted by atomic mass is 19.4. The van der Waals surface area contributed by atoms with Gasteiger partial charge < -0.3 is 29.8 Å². The number of halogens is 3. The molecule has 1 aliphatic rings. The zero-order valence-corrected chi connectivity index (χ0v) is 22.8. The normalized spacial score (nSPS) is 13.5. The summed E-state index contributed by atoms with van der Waals surface area (Å²) in [4.78, 5) is 35.4. The van der Waals surface area contributed by atoms with Crippen LogP contribution in [0.25, 0.3) is 0 Å². The van der Waals surface area contributed by atoms with Crippen LogP contribution in [0.5, 0.6) is 17.2 Å². The second-order valence-corrected chi connectivity index (χ2v) is 8.83. The fraction of sp³-hybridized carbons (Fsp3) is 0.241. The van der Waals surface area contributed by atoms with E-state index in [0.717, 1.165) is 5.56 Å². The van der Waals surface area contributed by atoms with Gasteiger partial charge in [-0.05, 0) is 48.9 Å². The molecule has 4 rings (SSSR count). The summed E-state index contributed by atoms with van der Waals surface area (Å²) in [6.07, 6.45) is -5.43. The summed E-state index contributed by atoms with van der Waals surface area (Å²) in [7, 11) is 0. The number of carboxylic acids is 1. The number of aliphatic carboxylic acids is 1. The maximum Gasteiger partial charge on any atom is 0.490 e. The first-order valence-corrected chi connectivity index (χ1v) is 12.7. The van der Waals surface area contributed by atoms with Gasteiger partial charge >= 0.3 is 24.0 Å². The van der Waals surface area contributed by atoms with E-state index in [4.69, 9.17) is 40.0 Å². The Hall–Kier alpha value is -5.27. The Bertz CT molecular complexity index is 1430. The van der Waals surface area contributed by atoms with E-state index in [9.17, 15) is 22.8 Å². The molecule has 1 amide bonds. The minimum atomic E-state index is -5.08. The molecule has 1 atom stereocenters. The molecule has 1 aliphatic heterocycles. The van der Waals surface area contributed by atoms with Gasteiger partial charge in [-0.25, -0.2) is 9.59 Å². The number of amides is 1. The number of carbonyl (C=O) groups excluding carboxylic acids is 2. The molecule has 11 nitrogen and oxygen atoms in total. The molecule has 0 radical (unpaired) electrons. The monoisotopic (exact) mass is 603 g/mol. The van der Waals surface area contributed by atoms with Gasteiger partial charge in [-0.2, -0.15) is 13.2 Å². The Morgan fingerprint density at radius 1 is 1.05 bits per heavy atom. The second-order valence-electron chi connectivity index (χ2n) is 8.83. The van der Waals surface area contributed by atoms with Crippen LogP contribution in [-0.4, -0.2) is 60.9 Å². The van der Waals surface area contributed by atoms with E-state index in [-0.39, 0.29) is 38.3 Å². The van der Waals surface area contributed by atoms with Crippen molar-refractivity contribution in [1.29, 1.82) is 5.41 Å². The number of ether oxygens (including phenoxy) is 4. The number of fused-ring (bicyclic) bond motifs is 1. The summed E-state index contributed by atoms with van der Waals surface area (Å²) in [5.74, 6) is -2.85. The lowest BCUT2D eigenvalue weighted by Crippen LogP contribution is -2.38. The fourth-order valence-corrected chi connectivity index (χ4v) is 3.62. The second kappa shape index (κ2) is 14.6. The number of benzene rings is 3. The Kier molecular flexibility index (Phi) is 10.9. The van der Waals surface area contributed by atoms with E-state index in [1.54, 1.807) is 49.4 Å². The minimum Gasteiger partial charge on any atom is -0.490 e. The number of esters is 1. The summed E-state index contributed by atoms with van der Waals surface area (Å²) < 4.78 is 54.4. The molecule has 0 saturated heterocycles.